The topological polar surface area (TPSA) is 68.5 Å². The van der Waals surface area contributed by atoms with E-state index in [9.17, 15) is 18.4 Å². The lowest BCUT2D eigenvalue weighted by Crippen LogP contribution is -2.20. The first-order valence-corrected chi connectivity index (χ1v) is 6.11. The summed E-state index contributed by atoms with van der Waals surface area (Å²) < 4.78 is 32.9. The molecule has 2 rings (SSSR count). The first-order chi connectivity index (χ1) is 9.92. The van der Waals surface area contributed by atoms with Crippen LogP contribution >= 0.6 is 0 Å². The van der Waals surface area contributed by atoms with Gasteiger partial charge in [0.15, 0.2) is 0 Å². The lowest BCUT2D eigenvalue weighted by Gasteiger charge is -2.16. The molecule has 1 aromatic heterocycles. The van der Waals surface area contributed by atoms with E-state index in [-0.39, 0.29) is 28.8 Å². The number of nitrogens with zero attached hydrogens (tertiary/aromatic N) is 1. The van der Waals surface area contributed by atoms with E-state index >= 15 is 0 Å². The van der Waals surface area contributed by atoms with Crippen LogP contribution in [0.25, 0.3) is 10.9 Å². The summed E-state index contributed by atoms with van der Waals surface area (Å²) in [6.07, 6.45) is 1.05. The molecular weight excluding hydrogens is 284 g/mol. The maximum atomic E-state index is 13.9. The van der Waals surface area contributed by atoms with E-state index in [0.717, 1.165) is 12.3 Å². The zero-order chi connectivity index (χ0) is 15.7. The van der Waals surface area contributed by atoms with Crippen LogP contribution in [0.4, 0.5) is 8.78 Å². The lowest BCUT2D eigenvalue weighted by molar-refractivity contribution is 0.0694. The number of rotatable bonds is 4. The highest BCUT2D eigenvalue weighted by Crippen LogP contribution is 2.30. The van der Waals surface area contributed by atoms with Crippen molar-refractivity contribution in [1.82, 2.24) is 4.57 Å². The molecule has 1 heterocycles. The van der Waals surface area contributed by atoms with Crippen LogP contribution < -0.4 is 10.2 Å². The quantitative estimate of drug-likeness (QED) is 0.938. The molecule has 0 aliphatic rings. The average molecular weight is 297 g/mol. The van der Waals surface area contributed by atoms with Crippen LogP contribution in [0, 0.1) is 12.7 Å². The van der Waals surface area contributed by atoms with Crippen molar-refractivity contribution in [3.63, 3.8) is 0 Å². The summed E-state index contributed by atoms with van der Waals surface area (Å²) >= 11 is 0. The van der Waals surface area contributed by atoms with Crippen molar-refractivity contribution < 1.29 is 23.4 Å². The molecule has 0 spiro atoms. The summed E-state index contributed by atoms with van der Waals surface area (Å²) in [5.41, 5.74) is -1.02. The van der Waals surface area contributed by atoms with Gasteiger partial charge in [-0.2, -0.15) is 0 Å². The number of ether oxygens (including phenoxy) is 1. The molecule has 7 heteroatoms. The molecule has 1 aromatic carbocycles. The highest BCUT2D eigenvalue weighted by Gasteiger charge is 2.20. The van der Waals surface area contributed by atoms with Gasteiger partial charge in [-0.3, -0.25) is 4.79 Å². The summed E-state index contributed by atoms with van der Waals surface area (Å²) in [6, 6.07) is 0.955. The van der Waals surface area contributed by atoms with Gasteiger partial charge in [0, 0.05) is 11.8 Å². The number of hydrogen-bond acceptors (Lipinski definition) is 3. The SMILES string of the molecule is COc1c(C)c(F)cc2c(=O)c(C(=O)O)cn(CCF)c12. The van der Waals surface area contributed by atoms with Gasteiger partial charge in [0.25, 0.3) is 0 Å². The molecule has 0 unspecified atom stereocenters. The number of carboxylic acids is 1. The highest BCUT2D eigenvalue weighted by atomic mass is 19.1. The molecule has 2 aromatic rings. The van der Waals surface area contributed by atoms with Crippen molar-refractivity contribution in [2.75, 3.05) is 13.8 Å². The van der Waals surface area contributed by atoms with E-state index in [4.69, 9.17) is 9.84 Å². The highest BCUT2D eigenvalue weighted by molar-refractivity contribution is 5.94. The Kier molecular flexibility index (Phi) is 3.93. The number of carboxylic acid groups (broad SMARTS) is 1. The number of halogens is 2. The van der Waals surface area contributed by atoms with Crippen molar-refractivity contribution >= 4 is 16.9 Å². The third-order valence-corrected chi connectivity index (χ3v) is 3.26. The van der Waals surface area contributed by atoms with E-state index in [1.165, 1.54) is 18.6 Å². The number of hydrogen-bond donors (Lipinski definition) is 1. The van der Waals surface area contributed by atoms with Crippen LogP contribution in [0.1, 0.15) is 15.9 Å². The van der Waals surface area contributed by atoms with E-state index in [1.54, 1.807) is 0 Å². The number of aryl methyl sites for hydroxylation is 1. The number of methoxy groups -OCH3 is 1. The molecular formula is C14H13F2NO4. The average Bonchev–Trinajstić information content (AvgIpc) is 2.43. The summed E-state index contributed by atoms with van der Waals surface area (Å²) in [5.74, 6) is -2.05. The molecule has 112 valence electrons. The van der Waals surface area contributed by atoms with E-state index in [0.29, 0.717) is 0 Å². The Morgan fingerprint density at radius 1 is 1.48 bits per heavy atom. The molecule has 0 atom stereocenters. The minimum atomic E-state index is -1.45. The molecule has 21 heavy (non-hydrogen) atoms. The number of fused-ring (bicyclic) bond motifs is 1. The molecule has 0 saturated heterocycles. The maximum absolute atomic E-state index is 13.9. The van der Waals surface area contributed by atoms with Crippen molar-refractivity contribution in [1.29, 1.82) is 0 Å². The number of alkyl halides is 1. The van der Waals surface area contributed by atoms with E-state index in [2.05, 4.69) is 0 Å². The van der Waals surface area contributed by atoms with Gasteiger partial charge in [-0.15, -0.1) is 0 Å². The van der Waals surface area contributed by atoms with Gasteiger partial charge in [-0.25, -0.2) is 13.6 Å². The van der Waals surface area contributed by atoms with Crippen LogP contribution in [0.15, 0.2) is 17.1 Å². The van der Waals surface area contributed by atoms with Crippen molar-refractivity contribution in [2.24, 2.45) is 0 Å². The van der Waals surface area contributed by atoms with Crippen LogP contribution in [0.2, 0.25) is 0 Å². The van der Waals surface area contributed by atoms with Crippen molar-refractivity contribution in [3.05, 3.63) is 39.4 Å². The van der Waals surface area contributed by atoms with E-state index in [1.807, 2.05) is 0 Å². The molecule has 0 radical (unpaired) electrons. The van der Waals surface area contributed by atoms with Crippen LogP contribution in [-0.2, 0) is 6.54 Å². The second kappa shape index (κ2) is 5.51. The zero-order valence-corrected chi connectivity index (χ0v) is 11.4. The number of pyridine rings is 1. The molecule has 5 nitrogen and oxygen atoms in total. The molecule has 0 saturated carbocycles. The lowest BCUT2D eigenvalue weighted by atomic mass is 10.1. The normalized spacial score (nSPS) is 10.9. The maximum Gasteiger partial charge on any atom is 0.341 e. The fourth-order valence-corrected chi connectivity index (χ4v) is 2.26. The Balaban J connectivity index is 3.04. The van der Waals surface area contributed by atoms with Gasteiger partial charge < -0.3 is 14.4 Å². The summed E-state index contributed by atoms with van der Waals surface area (Å²) in [7, 11) is 1.30. The van der Waals surface area contributed by atoms with Crippen LogP contribution in [0.3, 0.4) is 0 Å². The number of aromatic carboxylic acids is 1. The Morgan fingerprint density at radius 2 is 2.14 bits per heavy atom. The predicted molar refractivity (Wildman–Crippen MR) is 72.4 cm³/mol. The third kappa shape index (κ3) is 2.35. The Labute approximate surface area is 118 Å². The minimum Gasteiger partial charge on any atom is -0.494 e. The van der Waals surface area contributed by atoms with Gasteiger partial charge in [-0.05, 0) is 13.0 Å². The van der Waals surface area contributed by atoms with Gasteiger partial charge in [-0.1, -0.05) is 0 Å². The number of benzene rings is 1. The molecule has 1 N–H and O–H groups in total. The fraction of sp³-hybridized carbons (Fsp3) is 0.286. The summed E-state index contributed by atoms with van der Waals surface area (Å²) in [4.78, 5) is 23.2. The molecule has 0 amide bonds. The molecule has 0 aliphatic carbocycles. The second-order valence-electron chi connectivity index (χ2n) is 4.47. The number of aromatic nitrogens is 1. The van der Waals surface area contributed by atoms with Gasteiger partial charge >= 0.3 is 5.97 Å². The van der Waals surface area contributed by atoms with Gasteiger partial charge in [0.2, 0.25) is 5.43 Å². The van der Waals surface area contributed by atoms with Gasteiger partial charge in [0.1, 0.15) is 23.8 Å². The third-order valence-electron chi connectivity index (χ3n) is 3.26. The van der Waals surface area contributed by atoms with E-state index < -0.39 is 29.5 Å². The first kappa shape index (κ1) is 15.0. The first-order valence-electron chi connectivity index (χ1n) is 6.11. The monoisotopic (exact) mass is 297 g/mol. The standard InChI is InChI=1S/C14H13F2NO4/c1-7-10(16)5-8-11(13(7)21-2)17(4-3-15)6-9(12(8)18)14(19)20/h5-6H,3-4H2,1-2H3,(H,19,20). The summed E-state index contributed by atoms with van der Waals surface area (Å²) in [5, 5.41) is 8.89. The minimum absolute atomic E-state index is 0.0903. The van der Waals surface area contributed by atoms with Crippen molar-refractivity contribution in [3.8, 4) is 5.75 Å². The molecule has 0 fully saturated rings. The predicted octanol–water partition coefficient (Wildman–Crippen LogP) is 2.13. The van der Waals surface area contributed by atoms with Gasteiger partial charge in [0.05, 0.1) is 24.6 Å². The largest absolute Gasteiger partial charge is 0.494 e. The zero-order valence-electron chi connectivity index (χ0n) is 11.4. The Hall–Kier alpha value is -2.44. The summed E-state index contributed by atoms with van der Waals surface area (Å²) in [6.45, 7) is 0.526. The smallest absolute Gasteiger partial charge is 0.341 e. The van der Waals surface area contributed by atoms with Crippen LogP contribution in [-0.4, -0.2) is 29.4 Å². The molecule has 0 aliphatic heterocycles. The van der Waals surface area contributed by atoms with Crippen LogP contribution in [0.5, 0.6) is 5.75 Å². The Morgan fingerprint density at radius 3 is 2.67 bits per heavy atom. The van der Waals surface area contributed by atoms with Crippen molar-refractivity contribution in [2.45, 2.75) is 13.5 Å². The fourth-order valence-electron chi connectivity index (χ4n) is 2.26. The Bertz CT molecular complexity index is 783. The second-order valence-corrected chi connectivity index (χ2v) is 4.47. The molecule has 0 bridgehead atoms. The number of carbonyl (C=O) groups is 1.